The second kappa shape index (κ2) is 9.54. The van der Waals surface area contributed by atoms with E-state index in [9.17, 15) is 4.79 Å². The van der Waals surface area contributed by atoms with Crippen LogP contribution in [0.15, 0.2) is 42.5 Å². The SMILES string of the molecule is Cc1cccc(OCCn2c(C(C)NC(=O)C3CCCCC3)nc3ccccc32)c1C. The van der Waals surface area contributed by atoms with Crippen molar-refractivity contribution < 1.29 is 9.53 Å². The van der Waals surface area contributed by atoms with E-state index in [-0.39, 0.29) is 17.9 Å². The Kier molecular flexibility index (Phi) is 6.59. The predicted octanol–water partition coefficient (Wildman–Crippen LogP) is 5.49. The minimum absolute atomic E-state index is 0.140. The molecule has 0 bridgehead atoms. The minimum atomic E-state index is -0.150. The fourth-order valence-electron chi connectivity index (χ4n) is 4.55. The van der Waals surface area contributed by atoms with Gasteiger partial charge in [0.05, 0.1) is 23.6 Å². The average molecular weight is 420 g/mol. The van der Waals surface area contributed by atoms with Crippen LogP contribution in [0.4, 0.5) is 0 Å². The highest BCUT2D eigenvalue weighted by atomic mass is 16.5. The van der Waals surface area contributed by atoms with Crippen molar-refractivity contribution in [1.82, 2.24) is 14.9 Å². The van der Waals surface area contributed by atoms with Crippen molar-refractivity contribution >= 4 is 16.9 Å². The lowest BCUT2D eigenvalue weighted by Gasteiger charge is -2.23. The largest absolute Gasteiger partial charge is 0.491 e. The van der Waals surface area contributed by atoms with Crippen molar-refractivity contribution in [3.63, 3.8) is 0 Å². The maximum atomic E-state index is 12.8. The zero-order valence-electron chi connectivity index (χ0n) is 18.9. The standard InChI is InChI=1S/C26H33N3O2/c1-18-10-9-15-24(19(18)2)31-17-16-29-23-14-8-7-13-22(23)28-25(29)20(3)27-26(30)21-11-5-4-6-12-21/h7-10,13-15,20-21H,4-6,11-12,16-17H2,1-3H3,(H,27,30). The maximum absolute atomic E-state index is 12.8. The second-order valence-electron chi connectivity index (χ2n) is 8.72. The third kappa shape index (κ3) is 4.76. The van der Waals surface area contributed by atoms with Crippen LogP contribution < -0.4 is 10.1 Å². The molecule has 3 aromatic rings. The van der Waals surface area contributed by atoms with Gasteiger partial charge < -0.3 is 14.6 Å². The number of fused-ring (bicyclic) bond motifs is 1. The van der Waals surface area contributed by atoms with Crippen molar-refractivity contribution in [2.45, 2.75) is 65.5 Å². The number of rotatable bonds is 7. The van der Waals surface area contributed by atoms with E-state index in [0.717, 1.165) is 48.3 Å². The summed E-state index contributed by atoms with van der Waals surface area (Å²) in [4.78, 5) is 17.7. The molecule has 0 spiro atoms. The maximum Gasteiger partial charge on any atom is 0.223 e. The van der Waals surface area contributed by atoms with Gasteiger partial charge in [0.2, 0.25) is 5.91 Å². The molecule has 5 heteroatoms. The van der Waals surface area contributed by atoms with E-state index in [0.29, 0.717) is 13.2 Å². The van der Waals surface area contributed by atoms with Gasteiger partial charge in [-0.05, 0) is 62.9 Å². The third-order valence-corrected chi connectivity index (χ3v) is 6.53. The lowest BCUT2D eigenvalue weighted by molar-refractivity contribution is -0.126. The smallest absolute Gasteiger partial charge is 0.223 e. The highest BCUT2D eigenvalue weighted by molar-refractivity contribution is 5.80. The van der Waals surface area contributed by atoms with Gasteiger partial charge in [0, 0.05) is 5.92 Å². The molecule has 164 valence electrons. The molecule has 1 N–H and O–H groups in total. The highest BCUT2D eigenvalue weighted by Gasteiger charge is 2.24. The molecule has 2 aromatic carbocycles. The molecule has 1 aliphatic carbocycles. The summed E-state index contributed by atoms with van der Waals surface area (Å²) in [7, 11) is 0. The van der Waals surface area contributed by atoms with Crippen LogP contribution in [-0.4, -0.2) is 22.1 Å². The van der Waals surface area contributed by atoms with Crippen LogP contribution in [-0.2, 0) is 11.3 Å². The number of aromatic nitrogens is 2. The second-order valence-corrected chi connectivity index (χ2v) is 8.72. The number of nitrogens with one attached hydrogen (secondary N) is 1. The van der Waals surface area contributed by atoms with E-state index >= 15 is 0 Å². The van der Waals surface area contributed by atoms with Crippen LogP contribution in [0.25, 0.3) is 11.0 Å². The summed E-state index contributed by atoms with van der Waals surface area (Å²) in [6.45, 7) is 7.43. The van der Waals surface area contributed by atoms with Gasteiger partial charge in [-0.3, -0.25) is 4.79 Å². The van der Waals surface area contributed by atoms with Gasteiger partial charge in [-0.2, -0.15) is 0 Å². The van der Waals surface area contributed by atoms with Crippen molar-refractivity contribution in [3.8, 4) is 5.75 Å². The number of ether oxygens (including phenoxy) is 1. The summed E-state index contributed by atoms with van der Waals surface area (Å²) < 4.78 is 8.30. The van der Waals surface area contributed by atoms with Gasteiger partial charge >= 0.3 is 0 Å². The number of amides is 1. The van der Waals surface area contributed by atoms with E-state index in [4.69, 9.17) is 9.72 Å². The Labute approximate surface area is 184 Å². The molecule has 0 saturated heterocycles. The molecule has 1 amide bonds. The Morgan fingerprint density at radius 3 is 2.71 bits per heavy atom. The monoisotopic (exact) mass is 419 g/mol. The van der Waals surface area contributed by atoms with E-state index in [1.807, 2.05) is 37.3 Å². The Hall–Kier alpha value is -2.82. The number of carbonyl (C=O) groups excluding carboxylic acids is 1. The number of hydrogen-bond acceptors (Lipinski definition) is 3. The van der Waals surface area contributed by atoms with Gasteiger partial charge in [-0.25, -0.2) is 4.98 Å². The fraction of sp³-hybridized carbons (Fsp3) is 0.462. The molecule has 4 rings (SSSR count). The molecule has 31 heavy (non-hydrogen) atoms. The predicted molar refractivity (Wildman–Crippen MR) is 124 cm³/mol. The summed E-state index contributed by atoms with van der Waals surface area (Å²) in [5.41, 5.74) is 4.42. The summed E-state index contributed by atoms with van der Waals surface area (Å²) in [5.74, 6) is 2.11. The number of imidazole rings is 1. The molecule has 1 saturated carbocycles. The van der Waals surface area contributed by atoms with Crippen LogP contribution in [0.1, 0.15) is 62.0 Å². The van der Waals surface area contributed by atoms with Gasteiger partial charge in [0.1, 0.15) is 18.2 Å². The Bertz CT molecular complexity index is 1050. The first kappa shape index (κ1) is 21.4. The summed E-state index contributed by atoms with van der Waals surface area (Å²) in [6.07, 6.45) is 5.55. The zero-order chi connectivity index (χ0) is 21.8. The number of hydrogen-bond donors (Lipinski definition) is 1. The molecular weight excluding hydrogens is 386 g/mol. The Morgan fingerprint density at radius 2 is 1.90 bits per heavy atom. The van der Waals surface area contributed by atoms with Gasteiger partial charge in [0.15, 0.2) is 0 Å². The van der Waals surface area contributed by atoms with Gasteiger partial charge in [0.25, 0.3) is 0 Å². The molecule has 1 aliphatic rings. The van der Waals surface area contributed by atoms with Crippen LogP contribution in [0, 0.1) is 19.8 Å². The lowest BCUT2D eigenvalue weighted by Crippen LogP contribution is -2.35. The van der Waals surface area contributed by atoms with Crippen LogP contribution in [0.2, 0.25) is 0 Å². The third-order valence-electron chi connectivity index (χ3n) is 6.53. The first-order valence-electron chi connectivity index (χ1n) is 11.5. The fourth-order valence-corrected chi connectivity index (χ4v) is 4.55. The van der Waals surface area contributed by atoms with Crippen LogP contribution in [0.5, 0.6) is 5.75 Å². The normalized spacial score (nSPS) is 15.7. The number of benzene rings is 2. The average Bonchev–Trinajstić information content (AvgIpc) is 3.16. The van der Waals surface area contributed by atoms with Crippen molar-refractivity contribution in [3.05, 3.63) is 59.4 Å². The van der Waals surface area contributed by atoms with Crippen LogP contribution in [0.3, 0.4) is 0 Å². The Morgan fingerprint density at radius 1 is 1.13 bits per heavy atom. The number of nitrogens with zero attached hydrogens (tertiary/aromatic N) is 2. The van der Waals surface area contributed by atoms with E-state index < -0.39 is 0 Å². The molecule has 0 aliphatic heterocycles. The van der Waals surface area contributed by atoms with Crippen molar-refractivity contribution in [1.29, 1.82) is 0 Å². The van der Waals surface area contributed by atoms with Crippen molar-refractivity contribution in [2.75, 3.05) is 6.61 Å². The van der Waals surface area contributed by atoms with Gasteiger partial charge in [-0.15, -0.1) is 0 Å². The zero-order valence-corrected chi connectivity index (χ0v) is 18.9. The molecule has 1 aromatic heterocycles. The highest BCUT2D eigenvalue weighted by Crippen LogP contribution is 2.26. The molecule has 1 heterocycles. The molecular formula is C26H33N3O2. The molecule has 5 nitrogen and oxygen atoms in total. The van der Waals surface area contributed by atoms with E-state index in [2.05, 4.69) is 35.9 Å². The molecule has 1 fully saturated rings. The first-order chi connectivity index (χ1) is 15.0. The van der Waals surface area contributed by atoms with Crippen LogP contribution >= 0.6 is 0 Å². The molecule has 1 unspecified atom stereocenters. The lowest BCUT2D eigenvalue weighted by atomic mass is 9.88. The topological polar surface area (TPSA) is 56.1 Å². The van der Waals surface area contributed by atoms with E-state index in [1.165, 1.54) is 17.5 Å². The summed E-state index contributed by atoms with van der Waals surface area (Å²) in [6, 6.07) is 14.1. The van der Waals surface area contributed by atoms with Gasteiger partial charge in [-0.1, -0.05) is 43.5 Å². The number of carbonyl (C=O) groups is 1. The summed E-state index contributed by atoms with van der Waals surface area (Å²) >= 11 is 0. The van der Waals surface area contributed by atoms with Crippen molar-refractivity contribution in [2.24, 2.45) is 5.92 Å². The van der Waals surface area contributed by atoms with E-state index in [1.54, 1.807) is 0 Å². The summed E-state index contributed by atoms with van der Waals surface area (Å²) in [5, 5.41) is 3.23. The molecule has 0 radical (unpaired) electrons. The Balaban J connectivity index is 1.51. The molecule has 1 atom stereocenters. The number of aryl methyl sites for hydroxylation is 1. The minimum Gasteiger partial charge on any atom is -0.491 e. The first-order valence-corrected chi connectivity index (χ1v) is 11.5. The number of para-hydroxylation sites is 2. The quantitative estimate of drug-likeness (QED) is 0.551.